The van der Waals surface area contributed by atoms with Crippen molar-refractivity contribution in [1.82, 2.24) is 14.8 Å². The van der Waals surface area contributed by atoms with Crippen molar-refractivity contribution in [1.29, 1.82) is 0 Å². The van der Waals surface area contributed by atoms with Crippen LogP contribution < -0.4 is 5.73 Å². The van der Waals surface area contributed by atoms with E-state index in [4.69, 9.17) is 5.73 Å². The number of para-hydroxylation sites is 1. The predicted molar refractivity (Wildman–Crippen MR) is 121 cm³/mol. The molecular formula is C25H26N4O3. The molecule has 7 heteroatoms. The molecule has 2 aromatic carbocycles. The van der Waals surface area contributed by atoms with Crippen LogP contribution in [0.15, 0.2) is 54.7 Å². The zero-order chi connectivity index (χ0) is 22.2. The summed E-state index contributed by atoms with van der Waals surface area (Å²) >= 11 is 0. The minimum absolute atomic E-state index is 0.00866. The van der Waals surface area contributed by atoms with Crippen molar-refractivity contribution in [2.75, 3.05) is 19.6 Å². The fourth-order valence-electron chi connectivity index (χ4n) is 5.04. The number of aromatic nitrogens is 1. The third-order valence-electron chi connectivity index (χ3n) is 6.79. The maximum atomic E-state index is 13.3. The summed E-state index contributed by atoms with van der Waals surface area (Å²) in [6, 6.07) is 15.5. The van der Waals surface area contributed by atoms with Crippen molar-refractivity contribution in [3.63, 3.8) is 0 Å². The van der Waals surface area contributed by atoms with Crippen LogP contribution in [0.5, 0.6) is 0 Å². The van der Waals surface area contributed by atoms with E-state index in [1.165, 1.54) is 0 Å². The van der Waals surface area contributed by atoms with Crippen LogP contribution in [0.3, 0.4) is 0 Å². The Morgan fingerprint density at radius 3 is 2.50 bits per heavy atom. The fourth-order valence-corrected chi connectivity index (χ4v) is 5.04. The molecule has 1 aromatic heterocycles. The number of likely N-dealkylation sites (tertiary alicyclic amines) is 1. The van der Waals surface area contributed by atoms with E-state index in [9.17, 15) is 14.4 Å². The van der Waals surface area contributed by atoms with Crippen molar-refractivity contribution >= 4 is 28.6 Å². The molecule has 0 aliphatic carbocycles. The van der Waals surface area contributed by atoms with Crippen LogP contribution in [0.4, 0.5) is 0 Å². The third kappa shape index (κ3) is 3.43. The molecule has 0 radical (unpaired) electrons. The number of hydrogen-bond acceptors (Lipinski definition) is 3. The van der Waals surface area contributed by atoms with Crippen molar-refractivity contribution in [2.45, 2.75) is 25.3 Å². The lowest BCUT2D eigenvalue weighted by Gasteiger charge is -2.32. The second-order valence-corrected chi connectivity index (χ2v) is 8.59. The Hall–Kier alpha value is -3.61. The Kier molecular flexibility index (Phi) is 5.17. The van der Waals surface area contributed by atoms with Crippen LogP contribution in [0.2, 0.25) is 0 Å². The Morgan fingerprint density at radius 1 is 1.00 bits per heavy atom. The molecule has 1 fully saturated rings. The van der Waals surface area contributed by atoms with Gasteiger partial charge in [0.15, 0.2) is 0 Å². The molecule has 1 saturated heterocycles. The van der Waals surface area contributed by atoms with Gasteiger partial charge in [0.1, 0.15) is 0 Å². The number of fused-ring (bicyclic) bond motifs is 2. The van der Waals surface area contributed by atoms with E-state index in [0.717, 1.165) is 22.0 Å². The standard InChI is InChI=1S/C25H26N4O3/c26-24(31)16-9-12-28(13-10-16)22(30)11-14-29-23(18-6-1-2-7-19(18)25(29)32)20-15-27-21-8-4-3-5-17(20)21/h1-8,15-16,23,27H,9-14H2,(H2,26,31)/t23-/m0/s1. The molecule has 32 heavy (non-hydrogen) atoms. The first-order chi connectivity index (χ1) is 15.5. The maximum absolute atomic E-state index is 13.3. The van der Waals surface area contributed by atoms with E-state index < -0.39 is 0 Å². The van der Waals surface area contributed by atoms with Gasteiger partial charge in [-0.05, 0) is 30.5 Å². The number of benzene rings is 2. The number of carbonyl (C=O) groups excluding carboxylic acids is 3. The molecule has 164 valence electrons. The lowest BCUT2D eigenvalue weighted by molar-refractivity contribution is -0.135. The minimum Gasteiger partial charge on any atom is -0.369 e. The summed E-state index contributed by atoms with van der Waals surface area (Å²) in [5.74, 6) is -0.482. The monoisotopic (exact) mass is 430 g/mol. The molecule has 0 unspecified atom stereocenters. The van der Waals surface area contributed by atoms with Crippen molar-refractivity contribution < 1.29 is 14.4 Å². The summed E-state index contributed by atoms with van der Waals surface area (Å²) in [7, 11) is 0. The maximum Gasteiger partial charge on any atom is 0.255 e. The van der Waals surface area contributed by atoms with Crippen molar-refractivity contribution in [3.8, 4) is 0 Å². The fraction of sp³-hybridized carbons (Fsp3) is 0.320. The molecule has 0 bridgehead atoms. The van der Waals surface area contributed by atoms with E-state index in [2.05, 4.69) is 11.1 Å². The van der Waals surface area contributed by atoms with Crippen LogP contribution >= 0.6 is 0 Å². The predicted octanol–water partition coefficient (Wildman–Crippen LogP) is 2.83. The van der Waals surface area contributed by atoms with Crippen LogP contribution in [-0.2, 0) is 9.59 Å². The van der Waals surface area contributed by atoms with Gasteiger partial charge < -0.3 is 20.5 Å². The van der Waals surface area contributed by atoms with Gasteiger partial charge in [0, 0.05) is 60.2 Å². The van der Waals surface area contributed by atoms with Crippen molar-refractivity contribution in [2.24, 2.45) is 11.7 Å². The summed E-state index contributed by atoms with van der Waals surface area (Å²) < 4.78 is 0. The highest BCUT2D eigenvalue weighted by atomic mass is 16.2. The number of piperidine rings is 1. The largest absolute Gasteiger partial charge is 0.369 e. The number of H-pyrrole nitrogens is 1. The van der Waals surface area contributed by atoms with Gasteiger partial charge in [-0.3, -0.25) is 14.4 Å². The molecule has 2 aliphatic heterocycles. The molecular weight excluding hydrogens is 404 g/mol. The van der Waals surface area contributed by atoms with Crippen LogP contribution in [0.1, 0.15) is 46.8 Å². The molecule has 1 atom stereocenters. The summed E-state index contributed by atoms with van der Waals surface area (Å²) in [6.45, 7) is 1.41. The first-order valence-corrected chi connectivity index (χ1v) is 11.1. The molecule has 5 rings (SSSR count). The summed E-state index contributed by atoms with van der Waals surface area (Å²) in [5.41, 5.74) is 9.12. The van der Waals surface area contributed by atoms with Gasteiger partial charge in [-0.25, -0.2) is 0 Å². The van der Waals surface area contributed by atoms with Gasteiger partial charge in [0.05, 0.1) is 6.04 Å². The van der Waals surface area contributed by atoms with Gasteiger partial charge in [-0.15, -0.1) is 0 Å². The quantitative estimate of drug-likeness (QED) is 0.651. The molecule has 3 amide bonds. The Labute approximate surface area is 186 Å². The number of amides is 3. The lowest BCUT2D eigenvalue weighted by Crippen LogP contribution is -2.43. The van der Waals surface area contributed by atoms with Crippen molar-refractivity contribution in [3.05, 3.63) is 71.4 Å². The summed E-state index contributed by atoms with van der Waals surface area (Å²) in [5, 5.41) is 1.08. The average molecular weight is 431 g/mol. The Balaban J connectivity index is 1.37. The average Bonchev–Trinajstić information content (AvgIpc) is 3.36. The highest BCUT2D eigenvalue weighted by molar-refractivity contribution is 6.01. The normalized spacial score (nSPS) is 18.9. The van der Waals surface area contributed by atoms with Gasteiger partial charge in [-0.2, -0.15) is 0 Å². The van der Waals surface area contributed by atoms with Gasteiger partial charge >= 0.3 is 0 Å². The zero-order valence-corrected chi connectivity index (χ0v) is 17.8. The first kappa shape index (κ1) is 20.3. The van der Waals surface area contributed by atoms with Gasteiger partial charge in [0.2, 0.25) is 11.8 Å². The van der Waals surface area contributed by atoms with Gasteiger partial charge in [-0.1, -0.05) is 36.4 Å². The van der Waals surface area contributed by atoms with E-state index in [1.54, 1.807) is 4.90 Å². The number of nitrogens with zero attached hydrogens (tertiary/aromatic N) is 2. The number of nitrogens with two attached hydrogens (primary N) is 1. The topological polar surface area (TPSA) is 99.5 Å². The highest BCUT2D eigenvalue weighted by Crippen LogP contribution is 2.41. The van der Waals surface area contributed by atoms with Crippen LogP contribution in [0, 0.1) is 5.92 Å². The van der Waals surface area contributed by atoms with E-state index in [0.29, 0.717) is 38.0 Å². The molecule has 2 aliphatic rings. The third-order valence-corrected chi connectivity index (χ3v) is 6.79. The van der Waals surface area contributed by atoms with Gasteiger partial charge in [0.25, 0.3) is 5.91 Å². The van der Waals surface area contributed by atoms with Crippen LogP contribution in [0.25, 0.3) is 10.9 Å². The highest BCUT2D eigenvalue weighted by Gasteiger charge is 2.38. The number of aromatic amines is 1. The zero-order valence-electron chi connectivity index (χ0n) is 17.8. The number of primary amides is 1. The van der Waals surface area contributed by atoms with E-state index in [1.807, 2.05) is 53.6 Å². The molecule has 7 nitrogen and oxygen atoms in total. The van der Waals surface area contributed by atoms with E-state index in [-0.39, 0.29) is 36.1 Å². The number of rotatable bonds is 5. The molecule has 3 N–H and O–H groups in total. The number of carbonyl (C=O) groups is 3. The SMILES string of the molecule is NC(=O)C1CCN(C(=O)CCN2C(=O)c3ccccc3[C@H]2c2c[nH]c3ccccc23)CC1. The summed E-state index contributed by atoms with van der Waals surface area (Å²) in [4.78, 5) is 44.5. The lowest BCUT2D eigenvalue weighted by atomic mass is 9.96. The minimum atomic E-state index is -0.293. The molecule has 3 aromatic rings. The number of hydrogen-bond donors (Lipinski definition) is 2. The second-order valence-electron chi connectivity index (χ2n) is 8.59. The molecule has 0 spiro atoms. The first-order valence-electron chi connectivity index (χ1n) is 11.1. The second kappa shape index (κ2) is 8.15. The Morgan fingerprint density at radius 2 is 1.72 bits per heavy atom. The number of nitrogens with one attached hydrogen (secondary N) is 1. The van der Waals surface area contributed by atoms with E-state index >= 15 is 0 Å². The smallest absolute Gasteiger partial charge is 0.255 e. The summed E-state index contributed by atoms with van der Waals surface area (Å²) in [6.07, 6.45) is 3.42. The molecule has 0 saturated carbocycles. The Bertz CT molecular complexity index is 1190. The van der Waals surface area contributed by atoms with Crippen LogP contribution in [-0.4, -0.2) is 52.1 Å². The molecule has 3 heterocycles.